The Bertz CT molecular complexity index is 702. The van der Waals surface area contributed by atoms with E-state index >= 15 is 0 Å². The number of nitrogens with one attached hydrogen (secondary N) is 1. The molecule has 0 saturated carbocycles. The highest BCUT2D eigenvalue weighted by Crippen LogP contribution is 2.20. The van der Waals surface area contributed by atoms with Crippen molar-refractivity contribution in [2.24, 2.45) is 0 Å². The molecule has 0 radical (unpaired) electrons. The molecule has 0 unspecified atom stereocenters. The van der Waals surface area contributed by atoms with E-state index in [4.69, 9.17) is 0 Å². The van der Waals surface area contributed by atoms with Crippen LogP contribution >= 0.6 is 0 Å². The minimum atomic E-state index is 0.936. The third-order valence-corrected chi connectivity index (χ3v) is 3.11. The molecule has 0 bridgehead atoms. The summed E-state index contributed by atoms with van der Waals surface area (Å²) in [6, 6.07) is 14.0. The van der Waals surface area contributed by atoms with Gasteiger partial charge in [-0.25, -0.2) is 9.67 Å². The quantitative estimate of drug-likeness (QED) is 0.797. The summed E-state index contributed by atoms with van der Waals surface area (Å²) in [5, 5.41) is 7.59. The van der Waals surface area contributed by atoms with Crippen LogP contribution in [0.4, 0.5) is 17.2 Å². The van der Waals surface area contributed by atoms with Crippen molar-refractivity contribution in [2.75, 3.05) is 24.3 Å². The lowest BCUT2D eigenvalue weighted by Crippen LogP contribution is -2.10. The smallest absolute Gasteiger partial charge is 0.128 e. The van der Waals surface area contributed by atoms with Gasteiger partial charge >= 0.3 is 0 Å². The van der Waals surface area contributed by atoms with Crippen molar-refractivity contribution in [3.05, 3.63) is 61.1 Å². The predicted octanol–water partition coefficient (Wildman–Crippen LogP) is 3.08. The second-order valence-corrected chi connectivity index (χ2v) is 4.93. The van der Waals surface area contributed by atoms with Crippen molar-refractivity contribution in [1.82, 2.24) is 14.8 Å². The molecule has 5 nitrogen and oxygen atoms in total. The van der Waals surface area contributed by atoms with Gasteiger partial charge in [-0.3, -0.25) is 0 Å². The van der Waals surface area contributed by atoms with E-state index in [1.54, 1.807) is 6.20 Å². The highest BCUT2D eigenvalue weighted by atomic mass is 15.3. The molecule has 106 valence electrons. The van der Waals surface area contributed by atoms with Crippen LogP contribution in [-0.4, -0.2) is 28.9 Å². The zero-order valence-electron chi connectivity index (χ0n) is 12.1. The van der Waals surface area contributed by atoms with Gasteiger partial charge in [-0.2, -0.15) is 5.10 Å². The second-order valence-electron chi connectivity index (χ2n) is 4.93. The monoisotopic (exact) mass is 279 g/mol. The molecule has 0 fully saturated rings. The zero-order valence-corrected chi connectivity index (χ0v) is 12.1. The SMILES string of the molecule is CN(C)c1ccc(Nc2cccc(-n3cccn3)c2)cn1. The van der Waals surface area contributed by atoms with E-state index < -0.39 is 0 Å². The first-order chi connectivity index (χ1) is 10.2. The summed E-state index contributed by atoms with van der Waals surface area (Å²) >= 11 is 0. The minimum absolute atomic E-state index is 0.936. The van der Waals surface area contributed by atoms with Crippen LogP contribution in [0.15, 0.2) is 61.1 Å². The van der Waals surface area contributed by atoms with Crippen LogP contribution in [0.1, 0.15) is 0 Å². The van der Waals surface area contributed by atoms with E-state index in [2.05, 4.69) is 15.4 Å². The summed E-state index contributed by atoms with van der Waals surface area (Å²) in [4.78, 5) is 6.37. The van der Waals surface area contributed by atoms with Gasteiger partial charge in [0.05, 0.1) is 17.6 Å². The molecule has 0 aliphatic carbocycles. The molecule has 3 aromatic rings. The average molecular weight is 279 g/mol. The molecular formula is C16H17N5. The Morgan fingerprint density at radius 2 is 1.95 bits per heavy atom. The molecule has 0 aliphatic heterocycles. The van der Waals surface area contributed by atoms with Crippen LogP contribution < -0.4 is 10.2 Å². The Hall–Kier alpha value is -2.82. The maximum Gasteiger partial charge on any atom is 0.128 e. The topological polar surface area (TPSA) is 46.0 Å². The van der Waals surface area contributed by atoms with Gasteiger partial charge in [-0.15, -0.1) is 0 Å². The van der Waals surface area contributed by atoms with Gasteiger partial charge in [0, 0.05) is 32.2 Å². The number of nitrogens with zero attached hydrogens (tertiary/aromatic N) is 4. The number of hydrogen-bond acceptors (Lipinski definition) is 4. The van der Waals surface area contributed by atoms with Crippen LogP contribution in [0.25, 0.3) is 5.69 Å². The lowest BCUT2D eigenvalue weighted by Gasteiger charge is -2.12. The van der Waals surface area contributed by atoms with Gasteiger partial charge in [-0.1, -0.05) is 6.07 Å². The fraction of sp³-hybridized carbons (Fsp3) is 0.125. The molecule has 0 saturated heterocycles. The van der Waals surface area contributed by atoms with Gasteiger partial charge in [-0.05, 0) is 36.4 Å². The molecule has 0 spiro atoms. The van der Waals surface area contributed by atoms with Crippen LogP contribution in [0.5, 0.6) is 0 Å². The molecule has 0 amide bonds. The zero-order chi connectivity index (χ0) is 14.7. The van der Waals surface area contributed by atoms with Crippen LogP contribution in [-0.2, 0) is 0 Å². The average Bonchev–Trinajstić information content (AvgIpc) is 3.02. The highest BCUT2D eigenvalue weighted by molar-refractivity contribution is 5.62. The summed E-state index contributed by atoms with van der Waals surface area (Å²) in [6.45, 7) is 0. The molecular weight excluding hydrogens is 262 g/mol. The Morgan fingerprint density at radius 3 is 2.62 bits per heavy atom. The van der Waals surface area contributed by atoms with Gasteiger partial charge in [0.1, 0.15) is 5.82 Å². The number of aromatic nitrogens is 3. The Kier molecular flexibility index (Phi) is 3.55. The molecule has 1 N–H and O–H groups in total. The van der Waals surface area contributed by atoms with E-state index in [0.29, 0.717) is 0 Å². The van der Waals surface area contributed by atoms with E-state index in [0.717, 1.165) is 22.9 Å². The van der Waals surface area contributed by atoms with Crippen molar-refractivity contribution in [3.63, 3.8) is 0 Å². The standard InChI is InChI=1S/C16H17N5/c1-20(2)16-8-7-14(12-17-16)19-13-5-3-6-15(11-13)21-10-4-9-18-21/h3-12,19H,1-2H3. The normalized spacial score (nSPS) is 10.4. The number of hydrogen-bond donors (Lipinski definition) is 1. The Balaban J connectivity index is 1.80. The fourth-order valence-electron chi connectivity index (χ4n) is 2.04. The summed E-state index contributed by atoms with van der Waals surface area (Å²) in [7, 11) is 3.95. The van der Waals surface area contributed by atoms with E-state index in [-0.39, 0.29) is 0 Å². The largest absolute Gasteiger partial charge is 0.363 e. The third kappa shape index (κ3) is 3.02. The number of pyridine rings is 1. The molecule has 3 rings (SSSR count). The maximum absolute atomic E-state index is 4.39. The predicted molar refractivity (Wildman–Crippen MR) is 85.4 cm³/mol. The van der Waals surface area contributed by atoms with Gasteiger partial charge in [0.15, 0.2) is 0 Å². The maximum atomic E-state index is 4.39. The molecule has 5 heteroatoms. The Morgan fingerprint density at radius 1 is 1.05 bits per heavy atom. The van der Waals surface area contributed by atoms with Crippen molar-refractivity contribution >= 4 is 17.2 Å². The van der Waals surface area contributed by atoms with Gasteiger partial charge < -0.3 is 10.2 Å². The van der Waals surface area contributed by atoms with Gasteiger partial charge in [0.25, 0.3) is 0 Å². The van der Waals surface area contributed by atoms with Crippen molar-refractivity contribution < 1.29 is 0 Å². The van der Waals surface area contributed by atoms with Crippen LogP contribution in [0, 0.1) is 0 Å². The first kappa shape index (κ1) is 13.2. The molecule has 2 heterocycles. The molecule has 2 aromatic heterocycles. The third-order valence-electron chi connectivity index (χ3n) is 3.11. The minimum Gasteiger partial charge on any atom is -0.363 e. The van der Waals surface area contributed by atoms with E-state index in [1.165, 1.54) is 0 Å². The van der Waals surface area contributed by atoms with E-state index in [1.807, 2.05) is 78.5 Å². The first-order valence-electron chi connectivity index (χ1n) is 6.73. The van der Waals surface area contributed by atoms with Crippen molar-refractivity contribution in [2.45, 2.75) is 0 Å². The van der Waals surface area contributed by atoms with E-state index in [9.17, 15) is 0 Å². The lowest BCUT2D eigenvalue weighted by molar-refractivity contribution is 0.881. The molecule has 21 heavy (non-hydrogen) atoms. The lowest BCUT2D eigenvalue weighted by atomic mass is 10.2. The van der Waals surface area contributed by atoms with Crippen LogP contribution in [0.2, 0.25) is 0 Å². The number of rotatable bonds is 4. The fourth-order valence-corrected chi connectivity index (χ4v) is 2.04. The van der Waals surface area contributed by atoms with Gasteiger partial charge in [0.2, 0.25) is 0 Å². The molecule has 0 aliphatic rings. The Labute approximate surface area is 123 Å². The summed E-state index contributed by atoms with van der Waals surface area (Å²) in [6.07, 6.45) is 5.52. The molecule has 1 aromatic carbocycles. The highest BCUT2D eigenvalue weighted by Gasteiger charge is 2.01. The van der Waals surface area contributed by atoms with Crippen LogP contribution in [0.3, 0.4) is 0 Å². The molecule has 0 atom stereocenters. The van der Waals surface area contributed by atoms with Crippen molar-refractivity contribution in [1.29, 1.82) is 0 Å². The summed E-state index contributed by atoms with van der Waals surface area (Å²) < 4.78 is 1.83. The first-order valence-corrected chi connectivity index (χ1v) is 6.73. The number of anilines is 3. The summed E-state index contributed by atoms with van der Waals surface area (Å²) in [5.41, 5.74) is 2.98. The second kappa shape index (κ2) is 5.66. The van der Waals surface area contributed by atoms with Crippen molar-refractivity contribution in [3.8, 4) is 5.69 Å². The number of benzene rings is 1. The summed E-state index contributed by atoms with van der Waals surface area (Å²) in [5.74, 6) is 0.936.